The second-order valence-electron chi connectivity index (χ2n) is 5.95. The summed E-state index contributed by atoms with van der Waals surface area (Å²) < 4.78 is 6.56. The smallest absolute Gasteiger partial charge is 0.307 e. The number of para-hydroxylation sites is 1. The van der Waals surface area contributed by atoms with Crippen molar-refractivity contribution in [2.75, 3.05) is 6.61 Å². The fourth-order valence-electron chi connectivity index (χ4n) is 2.97. The quantitative estimate of drug-likeness (QED) is 0.509. The Bertz CT molecular complexity index is 1070. The van der Waals surface area contributed by atoms with Gasteiger partial charge in [-0.05, 0) is 29.7 Å². The van der Waals surface area contributed by atoms with E-state index in [1.165, 1.54) is 0 Å². The van der Waals surface area contributed by atoms with Crippen LogP contribution in [-0.2, 0) is 9.53 Å². The third-order valence-corrected chi connectivity index (χ3v) is 4.24. The van der Waals surface area contributed by atoms with Crippen LogP contribution in [0.4, 0.5) is 0 Å². The Balaban J connectivity index is 1.84. The molecule has 0 N–H and O–H groups in total. The molecule has 1 aliphatic heterocycles. The average molecular weight is 329 g/mol. The molecular weight excluding hydrogens is 314 g/mol. The maximum absolute atomic E-state index is 13.0. The predicted molar refractivity (Wildman–Crippen MR) is 95.5 cm³/mol. The lowest BCUT2D eigenvalue weighted by atomic mass is 10.0. The molecule has 2 aromatic carbocycles. The molecule has 4 rings (SSSR count). The molecule has 0 spiro atoms. The fourth-order valence-corrected chi connectivity index (χ4v) is 2.97. The largest absolute Gasteiger partial charge is 0.464 e. The van der Waals surface area contributed by atoms with Crippen molar-refractivity contribution in [3.05, 3.63) is 76.7 Å². The molecule has 25 heavy (non-hydrogen) atoms. The zero-order chi connectivity index (χ0) is 17.2. The van der Waals surface area contributed by atoms with E-state index in [0.29, 0.717) is 24.0 Å². The first-order valence-corrected chi connectivity index (χ1v) is 8.09. The summed E-state index contributed by atoms with van der Waals surface area (Å²) in [6, 6.07) is 17.0. The normalized spacial score (nSPS) is 16.3. The molecule has 1 saturated heterocycles. The van der Waals surface area contributed by atoms with Crippen LogP contribution in [-0.4, -0.2) is 17.1 Å². The number of cyclic esters (lactones) is 1. The Kier molecular flexibility index (Phi) is 3.83. The second-order valence-corrected chi connectivity index (χ2v) is 5.95. The lowest BCUT2D eigenvalue weighted by molar-refractivity contribution is -0.137. The number of hydrogen-bond acceptors (Lipinski definition) is 3. The van der Waals surface area contributed by atoms with Crippen LogP contribution in [0.5, 0.6) is 0 Å². The summed E-state index contributed by atoms with van der Waals surface area (Å²) in [5, 5.41) is 1.44. The van der Waals surface area contributed by atoms with Crippen molar-refractivity contribution in [1.29, 1.82) is 0 Å². The van der Waals surface area contributed by atoms with Crippen molar-refractivity contribution in [3.63, 3.8) is 0 Å². The minimum atomic E-state index is -0.219. The molecule has 1 unspecified atom stereocenters. The number of hydrogen-bond donors (Lipinski definition) is 0. The minimum absolute atomic E-state index is 0.104. The van der Waals surface area contributed by atoms with Crippen molar-refractivity contribution in [2.45, 2.75) is 6.42 Å². The second kappa shape index (κ2) is 6.29. The highest BCUT2D eigenvalue weighted by Gasteiger charge is 2.21. The van der Waals surface area contributed by atoms with E-state index < -0.39 is 0 Å². The number of esters is 1. The molecule has 1 atom stereocenters. The number of ether oxygens (including phenoxy) is 1. The van der Waals surface area contributed by atoms with E-state index in [2.05, 4.69) is 11.8 Å². The van der Waals surface area contributed by atoms with Crippen LogP contribution in [0.2, 0.25) is 0 Å². The monoisotopic (exact) mass is 329 g/mol. The summed E-state index contributed by atoms with van der Waals surface area (Å²) in [5.74, 6) is 5.81. The molecule has 0 saturated carbocycles. The summed E-state index contributed by atoms with van der Waals surface area (Å²) in [6.07, 6.45) is 2.09. The van der Waals surface area contributed by atoms with Gasteiger partial charge in [-0.2, -0.15) is 0 Å². The molecule has 3 aromatic rings. The van der Waals surface area contributed by atoms with Crippen molar-refractivity contribution < 1.29 is 9.53 Å². The van der Waals surface area contributed by atoms with Crippen LogP contribution >= 0.6 is 0 Å². The Morgan fingerprint density at radius 1 is 1.00 bits per heavy atom. The molecular formula is C21H15NO3. The van der Waals surface area contributed by atoms with Crippen LogP contribution in [0.15, 0.2) is 65.6 Å². The standard InChI is InChI=1S/C21H15NO3/c23-19-13-15(14-25-19)9-10-16-5-4-6-17-11-12-22(21(24)20(16)17)18-7-2-1-3-8-18/h1-8,11-12,15H,13-14H2. The van der Waals surface area contributed by atoms with Crippen molar-refractivity contribution >= 4 is 16.7 Å². The lowest BCUT2D eigenvalue weighted by Gasteiger charge is -2.08. The first kappa shape index (κ1) is 15.2. The van der Waals surface area contributed by atoms with Crippen LogP contribution in [0.3, 0.4) is 0 Å². The molecule has 0 amide bonds. The van der Waals surface area contributed by atoms with Crippen molar-refractivity contribution in [3.8, 4) is 17.5 Å². The molecule has 1 fully saturated rings. The third kappa shape index (κ3) is 2.92. The van der Waals surface area contributed by atoms with Gasteiger partial charge in [0.05, 0.1) is 17.7 Å². The van der Waals surface area contributed by atoms with Crippen LogP contribution in [0.1, 0.15) is 12.0 Å². The summed E-state index contributed by atoms with van der Waals surface area (Å²) in [4.78, 5) is 24.2. The number of carbonyl (C=O) groups is 1. The molecule has 0 radical (unpaired) electrons. The molecule has 0 bridgehead atoms. The molecule has 4 nitrogen and oxygen atoms in total. The fraction of sp³-hybridized carbons (Fsp3) is 0.143. The zero-order valence-electron chi connectivity index (χ0n) is 13.4. The van der Waals surface area contributed by atoms with Gasteiger partial charge in [0.1, 0.15) is 6.61 Å². The molecule has 1 aliphatic rings. The van der Waals surface area contributed by atoms with Gasteiger partial charge in [-0.3, -0.25) is 14.2 Å². The van der Waals surface area contributed by atoms with E-state index >= 15 is 0 Å². The zero-order valence-corrected chi connectivity index (χ0v) is 13.4. The van der Waals surface area contributed by atoms with Gasteiger partial charge in [0.25, 0.3) is 5.56 Å². The van der Waals surface area contributed by atoms with Gasteiger partial charge in [-0.15, -0.1) is 0 Å². The number of carbonyl (C=O) groups excluding carboxylic acids is 1. The molecule has 1 aromatic heterocycles. The molecule has 4 heteroatoms. The lowest BCUT2D eigenvalue weighted by Crippen LogP contribution is -2.18. The van der Waals surface area contributed by atoms with Gasteiger partial charge in [0, 0.05) is 17.4 Å². The van der Waals surface area contributed by atoms with Gasteiger partial charge in [0.2, 0.25) is 0 Å². The number of aromatic nitrogens is 1. The highest BCUT2D eigenvalue weighted by molar-refractivity contribution is 5.87. The average Bonchev–Trinajstić information content (AvgIpc) is 3.06. The van der Waals surface area contributed by atoms with Gasteiger partial charge >= 0.3 is 5.97 Å². The first-order valence-electron chi connectivity index (χ1n) is 8.09. The molecule has 0 aliphatic carbocycles. The first-order chi connectivity index (χ1) is 12.2. The summed E-state index contributed by atoms with van der Waals surface area (Å²) in [6.45, 7) is 0.324. The number of pyridine rings is 1. The van der Waals surface area contributed by atoms with E-state index in [0.717, 1.165) is 11.1 Å². The molecule has 122 valence electrons. The van der Waals surface area contributed by atoms with E-state index in [4.69, 9.17) is 4.74 Å². The number of fused-ring (bicyclic) bond motifs is 1. The Morgan fingerprint density at radius 2 is 1.84 bits per heavy atom. The van der Waals surface area contributed by atoms with Crippen molar-refractivity contribution in [1.82, 2.24) is 4.57 Å². The van der Waals surface area contributed by atoms with Gasteiger partial charge < -0.3 is 4.74 Å². The van der Waals surface area contributed by atoms with Crippen LogP contribution in [0.25, 0.3) is 16.5 Å². The number of rotatable bonds is 1. The summed E-state index contributed by atoms with van der Waals surface area (Å²) in [5.41, 5.74) is 1.38. The Morgan fingerprint density at radius 3 is 2.60 bits per heavy atom. The topological polar surface area (TPSA) is 48.3 Å². The van der Waals surface area contributed by atoms with Gasteiger partial charge in [-0.1, -0.05) is 42.2 Å². The van der Waals surface area contributed by atoms with E-state index in [1.807, 2.05) is 54.6 Å². The van der Waals surface area contributed by atoms with Gasteiger partial charge in [0.15, 0.2) is 0 Å². The van der Waals surface area contributed by atoms with E-state index in [-0.39, 0.29) is 17.4 Å². The number of nitrogens with zero attached hydrogens (tertiary/aromatic N) is 1. The highest BCUT2D eigenvalue weighted by Crippen LogP contribution is 2.17. The predicted octanol–water partition coefficient (Wildman–Crippen LogP) is 2.91. The summed E-state index contributed by atoms with van der Waals surface area (Å²) in [7, 11) is 0. The maximum Gasteiger partial charge on any atom is 0.307 e. The van der Waals surface area contributed by atoms with E-state index in [1.54, 1.807) is 10.8 Å². The third-order valence-electron chi connectivity index (χ3n) is 4.24. The number of benzene rings is 2. The Hall–Kier alpha value is -3.32. The maximum atomic E-state index is 13.0. The summed E-state index contributed by atoms with van der Waals surface area (Å²) >= 11 is 0. The van der Waals surface area contributed by atoms with Crippen LogP contribution < -0.4 is 5.56 Å². The molecule has 2 heterocycles. The Labute approximate surface area is 144 Å². The van der Waals surface area contributed by atoms with Crippen molar-refractivity contribution in [2.24, 2.45) is 5.92 Å². The minimum Gasteiger partial charge on any atom is -0.464 e. The highest BCUT2D eigenvalue weighted by atomic mass is 16.5. The van der Waals surface area contributed by atoms with Crippen LogP contribution in [0, 0.1) is 17.8 Å². The SMILES string of the molecule is O=C1CC(C#Cc2cccc3ccn(-c4ccccc4)c(=O)c23)CO1. The van der Waals surface area contributed by atoms with E-state index in [9.17, 15) is 9.59 Å². The van der Waals surface area contributed by atoms with Gasteiger partial charge in [-0.25, -0.2) is 0 Å².